The Morgan fingerprint density at radius 2 is 2.06 bits per heavy atom. The van der Waals surface area contributed by atoms with Gasteiger partial charge in [-0.05, 0) is 13.0 Å². The minimum absolute atomic E-state index is 0.0904. The standard InChI is InChI=1S/C10H11Cl2N3O2/c1-2-13-8(16)5-15-10(17)6-3-7(11)9(12)14-4-6/h3-4H,2,5H2,1H3,(H,13,16)(H,15,17). The molecule has 1 rings (SSSR count). The topological polar surface area (TPSA) is 71.1 Å². The maximum atomic E-state index is 11.6. The lowest BCUT2D eigenvalue weighted by molar-refractivity contribution is -0.120. The average Bonchev–Trinajstić information content (AvgIpc) is 2.30. The van der Waals surface area contributed by atoms with E-state index in [0.29, 0.717) is 6.54 Å². The number of carbonyl (C=O) groups is 2. The highest BCUT2D eigenvalue weighted by Gasteiger charge is 2.10. The predicted molar refractivity (Wildman–Crippen MR) is 65.3 cm³/mol. The Labute approximate surface area is 109 Å². The van der Waals surface area contributed by atoms with Crippen molar-refractivity contribution in [3.05, 3.63) is 28.0 Å². The minimum Gasteiger partial charge on any atom is -0.355 e. The summed E-state index contributed by atoms with van der Waals surface area (Å²) in [5, 5.41) is 5.32. The molecular formula is C10H11Cl2N3O2. The molecule has 7 heteroatoms. The van der Waals surface area contributed by atoms with Crippen LogP contribution in [0.25, 0.3) is 0 Å². The molecule has 0 spiro atoms. The normalized spacial score (nSPS) is 9.82. The van der Waals surface area contributed by atoms with Crippen molar-refractivity contribution in [2.75, 3.05) is 13.1 Å². The highest BCUT2D eigenvalue weighted by atomic mass is 35.5. The van der Waals surface area contributed by atoms with Crippen molar-refractivity contribution in [3.8, 4) is 0 Å². The van der Waals surface area contributed by atoms with Crippen LogP contribution in [0, 0.1) is 0 Å². The Morgan fingerprint density at radius 3 is 2.65 bits per heavy atom. The van der Waals surface area contributed by atoms with Crippen LogP contribution in [0.15, 0.2) is 12.3 Å². The van der Waals surface area contributed by atoms with Crippen molar-refractivity contribution < 1.29 is 9.59 Å². The van der Waals surface area contributed by atoms with Gasteiger partial charge in [-0.1, -0.05) is 23.2 Å². The minimum atomic E-state index is -0.428. The zero-order chi connectivity index (χ0) is 12.8. The quantitative estimate of drug-likeness (QED) is 0.813. The van der Waals surface area contributed by atoms with Gasteiger partial charge in [0.2, 0.25) is 5.91 Å². The first-order chi connectivity index (χ1) is 8.04. The van der Waals surface area contributed by atoms with Crippen LogP contribution in [-0.4, -0.2) is 29.9 Å². The van der Waals surface area contributed by atoms with Crippen molar-refractivity contribution >= 4 is 35.0 Å². The summed E-state index contributed by atoms with van der Waals surface area (Å²) in [6.07, 6.45) is 1.29. The van der Waals surface area contributed by atoms with Crippen molar-refractivity contribution in [3.63, 3.8) is 0 Å². The Bertz CT molecular complexity index is 438. The third kappa shape index (κ3) is 4.20. The molecule has 0 saturated carbocycles. The number of hydrogen-bond donors (Lipinski definition) is 2. The van der Waals surface area contributed by atoms with E-state index in [1.165, 1.54) is 12.3 Å². The molecule has 1 heterocycles. The molecule has 2 amide bonds. The molecule has 0 aromatic carbocycles. The van der Waals surface area contributed by atoms with E-state index in [2.05, 4.69) is 15.6 Å². The van der Waals surface area contributed by atoms with E-state index in [0.717, 1.165) is 0 Å². The molecule has 0 bridgehead atoms. The fourth-order valence-electron chi connectivity index (χ4n) is 1.07. The van der Waals surface area contributed by atoms with E-state index in [4.69, 9.17) is 23.2 Å². The second-order valence-electron chi connectivity index (χ2n) is 3.13. The summed E-state index contributed by atoms with van der Waals surface area (Å²) in [5.41, 5.74) is 0.253. The highest BCUT2D eigenvalue weighted by molar-refractivity contribution is 6.41. The van der Waals surface area contributed by atoms with Crippen LogP contribution in [0.3, 0.4) is 0 Å². The van der Waals surface area contributed by atoms with Crippen LogP contribution < -0.4 is 10.6 Å². The number of halogens is 2. The summed E-state index contributed by atoms with van der Waals surface area (Å²) >= 11 is 11.3. The molecule has 0 aliphatic heterocycles. The van der Waals surface area contributed by atoms with Gasteiger partial charge in [0.05, 0.1) is 17.1 Å². The van der Waals surface area contributed by atoms with E-state index in [1.54, 1.807) is 6.92 Å². The smallest absolute Gasteiger partial charge is 0.253 e. The molecule has 0 saturated heterocycles. The molecule has 0 aliphatic rings. The van der Waals surface area contributed by atoms with Crippen LogP contribution >= 0.6 is 23.2 Å². The molecule has 0 unspecified atom stereocenters. The number of amides is 2. The van der Waals surface area contributed by atoms with Crippen molar-refractivity contribution in [1.29, 1.82) is 0 Å². The molecule has 1 aromatic heterocycles. The largest absolute Gasteiger partial charge is 0.355 e. The summed E-state index contributed by atoms with van der Waals surface area (Å²) in [7, 11) is 0. The highest BCUT2D eigenvalue weighted by Crippen LogP contribution is 2.19. The van der Waals surface area contributed by atoms with Crippen LogP contribution in [0.1, 0.15) is 17.3 Å². The molecule has 0 radical (unpaired) electrons. The fourth-order valence-corrected chi connectivity index (χ4v) is 1.34. The molecule has 1 aromatic rings. The van der Waals surface area contributed by atoms with E-state index in [9.17, 15) is 9.59 Å². The summed E-state index contributed by atoms with van der Waals surface area (Å²) in [6.45, 7) is 2.22. The van der Waals surface area contributed by atoms with Gasteiger partial charge in [0.15, 0.2) is 0 Å². The number of hydrogen-bond acceptors (Lipinski definition) is 3. The second kappa shape index (κ2) is 6.42. The maximum Gasteiger partial charge on any atom is 0.253 e. The van der Waals surface area contributed by atoms with Gasteiger partial charge in [-0.15, -0.1) is 0 Å². The van der Waals surface area contributed by atoms with Gasteiger partial charge in [-0.2, -0.15) is 0 Å². The third-order valence-electron chi connectivity index (χ3n) is 1.84. The summed E-state index contributed by atoms with van der Waals surface area (Å²) in [4.78, 5) is 26.4. The fraction of sp³-hybridized carbons (Fsp3) is 0.300. The van der Waals surface area contributed by atoms with Crippen LogP contribution in [0.5, 0.6) is 0 Å². The SMILES string of the molecule is CCNC(=O)CNC(=O)c1cnc(Cl)c(Cl)c1. The monoisotopic (exact) mass is 275 g/mol. The van der Waals surface area contributed by atoms with E-state index in [1.807, 2.05) is 0 Å². The zero-order valence-corrected chi connectivity index (χ0v) is 10.6. The van der Waals surface area contributed by atoms with Gasteiger partial charge in [0.1, 0.15) is 5.15 Å². The van der Waals surface area contributed by atoms with Crippen LogP contribution in [0.4, 0.5) is 0 Å². The van der Waals surface area contributed by atoms with E-state index < -0.39 is 5.91 Å². The first-order valence-electron chi connectivity index (χ1n) is 4.90. The first kappa shape index (κ1) is 13.7. The molecule has 0 atom stereocenters. The Morgan fingerprint density at radius 1 is 1.35 bits per heavy atom. The number of nitrogens with zero attached hydrogens (tertiary/aromatic N) is 1. The molecular weight excluding hydrogens is 265 g/mol. The summed E-state index contributed by atoms with van der Waals surface area (Å²) in [6, 6.07) is 1.39. The molecule has 92 valence electrons. The first-order valence-corrected chi connectivity index (χ1v) is 5.66. The predicted octanol–water partition coefficient (Wildman–Crippen LogP) is 1.25. The van der Waals surface area contributed by atoms with Crippen molar-refractivity contribution in [2.24, 2.45) is 0 Å². The van der Waals surface area contributed by atoms with Crippen molar-refractivity contribution in [1.82, 2.24) is 15.6 Å². The molecule has 2 N–H and O–H groups in total. The Kier molecular flexibility index (Phi) is 5.18. The zero-order valence-electron chi connectivity index (χ0n) is 9.09. The maximum absolute atomic E-state index is 11.6. The lowest BCUT2D eigenvalue weighted by Crippen LogP contribution is -2.36. The number of carbonyl (C=O) groups excluding carboxylic acids is 2. The Balaban J connectivity index is 2.58. The van der Waals surface area contributed by atoms with Gasteiger partial charge >= 0.3 is 0 Å². The van der Waals surface area contributed by atoms with Crippen LogP contribution in [-0.2, 0) is 4.79 Å². The van der Waals surface area contributed by atoms with Gasteiger partial charge in [0.25, 0.3) is 5.91 Å². The van der Waals surface area contributed by atoms with Crippen molar-refractivity contribution in [2.45, 2.75) is 6.92 Å². The molecule has 0 aliphatic carbocycles. The van der Waals surface area contributed by atoms with E-state index in [-0.39, 0.29) is 28.2 Å². The number of likely N-dealkylation sites (N-methyl/N-ethyl adjacent to an activating group) is 1. The molecule has 17 heavy (non-hydrogen) atoms. The third-order valence-corrected chi connectivity index (χ3v) is 2.53. The van der Waals surface area contributed by atoms with Gasteiger partial charge in [-0.25, -0.2) is 4.98 Å². The van der Waals surface area contributed by atoms with Gasteiger partial charge < -0.3 is 10.6 Å². The number of pyridine rings is 1. The summed E-state index contributed by atoms with van der Waals surface area (Å²) in [5.74, 6) is -0.684. The average molecular weight is 276 g/mol. The number of aromatic nitrogens is 1. The van der Waals surface area contributed by atoms with Crippen LogP contribution in [0.2, 0.25) is 10.2 Å². The lowest BCUT2D eigenvalue weighted by atomic mass is 10.2. The molecule has 0 fully saturated rings. The Hall–Kier alpha value is -1.33. The summed E-state index contributed by atoms with van der Waals surface area (Å²) < 4.78 is 0. The van der Waals surface area contributed by atoms with Gasteiger partial charge in [0, 0.05) is 12.7 Å². The van der Waals surface area contributed by atoms with E-state index >= 15 is 0 Å². The molecule has 5 nitrogen and oxygen atoms in total. The number of rotatable bonds is 4. The van der Waals surface area contributed by atoms with Gasteiger partial charge in [-0.3, -0.25) is 9.59 Å². The second-order valence-corrected chi connectivity index (χ2v) is 3.90. The number of nitrogens with one attached hydrogen (secondary N) is 2. The lowest BCUT2D eigenvalue weighted by Gasteiger charge is -2.05.